The van der Waals surface area contributed by atoms with Gasteiger partial charge in [0, 0.05) is 0 Å². The van der Waals surface area contributed by atoms with Gasteiger partial charge in [0.2, 0.25) is 0 Å². The van der Waals surface area contributed by atoms with Gasteiger partial charge >= 0.3 is 0 Å². The van der Waals surface area contributed by atoms with Gasteiger partial charge in [0.15, 0.2) is 0 Å². The van der Waals surface area contributed by atoms with Gasteiger partial charge in [-0.05, 0) is 12.0 Å². The summed E-state index contributed by atoms with van der Waals surface area (Å²) >= 11 is 0. The Morgan fingerprint density at radius 3 is 2.36 bits per heavy atom. The zero-order valence-corrected chi connectivity index (χ0v) is 7.89. The molecule has 0 amide bonds. The van der Waals surface area contributed by atoms with Gasteiger partial charge in [-0.2, -0.15) is 5.10 Å². The highest BCUT2D eigenvalue weighted by molar-refractivity contribution is 5.96. The predicted octanol–water partition coefficient (Wildman–Crippen LogP) is 2.18. The lowest BCUT2D eigenvalue weighted by Gasteiger charge is -2.09. The Labute approximate surface area is 69.4 Å². The van der Waals surface area contributed by atoms with Crippen LogP contribution in [0.3, 0.4) is 0 Å². The first kappa shape index (κ1) is 10.2. The first-order valence-electron chi connectivity index (χ1n) is 4.27. The summed E-state index contributed by atoms with van der Waals surface area (Å²) < 4.78 is 0. The van der Waals surface area contributed by atoms with Crippen molar-refractivity contribution in [1.82, 2.24) is 5.43 Å². The van der Waals surface area contributed by atoms with Crippen LogP contribution in [0.4, 0.5) is 0 Å². The van der Waals surface area contributed by atoms with Gasteiger partial charge in [-0.25, -0.2) is 0 Å². The molecule has 1 rings (SSSR count). The van der Waals surface area contributed by atoms with E-state index in [1.54, 1.807) is 0 Å². The summed E-state index contributed by atoms with van der Waals surface area (Å²) in [6.07, 6.45) is 4.16. The molecule has 0 radical (unpaired) electrons. The lowest BCUT2D eigenvalue weighted by Crippen LogP contribution is -2.17. The smallest absolute Gasteiger partial charge is 0.0626 e. The molecule has 0 saturated heterocycles. The third kappa shape index (κ3) is 3.81. The first-order valence-corrected chi connectivity index (χ1v) is 4.27. The highest BCUT2D eigenvalue weighted by atomic mass is 15.3. The van der Waals surface area contributed by atoms with E-state index in [0.717, 1.165) is 12.3 Å². The zero-order chi connectivity index (χ0) is 8.69. The molecule has 0 fully saturated rings. The van der Waals surface area contributed by atoms with E-state index >= 15 is 0 Å². The second-order valence-corrected chi connectivity index (χ2v) is 2.46. The summed E-state index contributed by atoms with van der Waals surface area (Å²) in [4.78, 5) is 0. The summed E-state index contributed by atoms with van der Waals surface area (Å²) in [6, 6.07) is 0. The Morgan fingerprint density at radius 1 is 1.45 bits per heavy atom. The number of hydrazone groups is 1. The van der Waals surface area contributed by atoms with Crippen molar-refractivity contribution < 1.29 is 0 Å². The number of nitrogens with one attached hydrogen (secondary N) is 1. The molecule has 64 valence electrons. The quantitative estimate of drug-likeness (QED) is 0.615. The van der Waals surface area contributed by atoms with Gasteiger partial charge in [0.05, 0.1) is 12.3 Å². The Bertz CT molecular complexity index is 146. The first-order chi connectivity index (χ1) is 5.30. The fourth-order valence-corrected chi connectivity index (χ4v) is 0.728. The summed E-state index contributed by atoms with van der Waals surface area (Å²) in [7, 11) is 0. The molecule has 0 aromatic rings. The number of rotatable bonds is 1. The van der Waals surface area contributed by atoms with E-state index in [9.17, 15) is 0 Å². The summed E-state index contributed by atoms with van der Waals surface area (Å²) in [5.41, 5.74) is 4.06. The highest BCUT2D eigenvalue weighted by Crippen LogP contribution is 1.99. The maximum Gasteiger partial charge on any atom is 0.0626 e. The molecule has 0 aromatic heterocycles. The molecular weight excluding hydrogens is 136 g/mol. The Kier molecular flexibility index (Phi) is 5.53. The average molecular weight is 154 g/mol. The average Bonchev–Trinajstić information content (AvgIpc) is 2.10. The van der Waals surface area contributed by atoms with Crippen LogP contribution in [0.5, 0.6) is 0 Å². The van der Waals surface area contributed by atoms with Crippen LogP contribution < -0.4 is 5.43 Å². The molecule has 0 bridgehead atoms. The summed E-state index contributed by atoms with van der Waals surface area (Å²) in [6.45, 7) is 9.14. The van der Waals surface area contributed by atoms with Crippen LogP contribution in [-0.4, -0.2) is 12.3 Å². The molecule has 11 heavy (non-hydrogen) atoms. The maximum atomic E-state index is 4.11. The topological polar surface area (TPSA) is 24.4 Å². The number of hydrogen-bond acceptors (Lipinski definition) is 2. The Hall–Kier alpha value is -0.790. The van der Waals surface area contributed by atoms with Gasteiger partial charge in [0.25, 0.3) is 0 Å². The van der Waals surface area contributed by atoms with E-state index in [4.69, 9.17) is 0 Å². The van der Waals surface area contributed by atoms with Crippen LogP contribution in [0.1, 0.15) is 27.7 Å². The maximum absolute atomic E-state index is 4.11. The van der Waals surface area contributed by atoms with Crippen LogP contribution in [-0.2, 0) is 0 Å². The molecule has 1 aliphatic rings. The van der Waals surface area contributed by atoms with E-state index in [1.165, 1.54) is 0 Å². The van der Waals surface area contributed by atoms with Crippen molar-refractivity contribution in [2.24, 2.45) is 11.0 Å². The van der Waals surface area contributed by atoms with Crippen LogP contribution in [0, 0.1) is 5.92 Å². The van der Waals surface area contributed by atoms with Gasteiger partial charge in [-0.15, -0.1) is 0 Å². The Balaban J connectivity index is 0.000000461. The summed E-state index contributed by atoms with van der Waals surface area (Å²) in [5.74, 6) is 0.536. The van der Waals surface area contributed by atoms with Crippen molar-refractivity contribution in [2.75, 3.05) is 6.54 Å². The van der Waals surface area contributed by atoms with E-state index in [1.807, 2.05) is 13.8 Å². The molecule has 0 aromatic carbocycles. The van der Waals surface area contributed by atoms with E-state index in [0.29, 0.717) is 5.92 Å². The molecule has 0 atom stereocenters. The van der Waals surface area contributed by atoms with Crippen molar-refractivity contribution in [3.63, 3.8) is 0 Å². The van der Waals surface area contributed by atoms with Crippen LogP contribution in [0.25, 0.3) is 0 Å². The third-order valence-electron chi connectivity index (χ3n) is 1.30. The molecule has 0 saturated carbocycles. The number of allylic oxidation sites excluding steroid dienone is 1. The molecule has 1 N–H and O–H groups in total. The van der Waals surface area contributed by atoms with Crippen molar-refractivity contribution in [1.29, 1.82) is 0 Å². The number of hydrogen-bond donors (Lipinski definition) is 1. The molecule has 0 spiro atoms. The summed E-state index contributed by atoms with van der Waals surface area (Å²) in [5, 5.41) is 4.11. The van der Waals surface area contributed by atoms with Crippen molar-refractivity contribution >= 4 is 5.71 Å². The fourth-order valence-electron chi connectivity index (χ4n) is 0.728. The molecule has 0 unspecified atom stereocenters. The standard InChI is InChI=1S/C7H12N2.C2H6/c1-6(2)7-4-3-5-8-9-7;1-2/h3-4,6,8H,5H2,1-2H3;1-2H3. The largest absolute Gasteiger partial charge is 0.306 e. The molecule has 2 heteroatoms. The van der Waals surface area contributed by atoms with Crippen molar-refractivity contribution in [3.8, 4) is 0 Å². The van der Waals surface area contributed by atoms with E-state index in [-0.39, 0.29) is 0 Å². The SMILES string of the molecule is CC.CC(C)C1=NNCC=C1. The van der Waals surface area contributed by atoms with Crippen molar-refractivity contribution in [3.05, 3.63) is 12.2 Å². The Morgan fingerprint density at radius 2 is 2.09 bits per heavy atom. The fraction of sp³-hybridized carbons (Fsp3) is 0.667. The van der Waals surface area contributed by atoms with Gasteiger partial charge < -0.3 is 5.43 Å². The third-order valence-corrected chi connectivity index (χ3v) is 1.30. The van der Waals surface area contributed by atoms with Gasteiger partial charge in [0.1, 0.15) is 0 Å². The minimum absolute atomic E-state index is 0.536. The molecule has 1 aliphatic heterocycles. The zero-order valence-electron chi connectivity index (χ0n) is 7.89. The number of nitrogens with zero attached hydrogens (tertiary/aromatic N) is 1. The molecule has 2 nitrogen and oxygen atoms in total. The lowest BCUT2D eigenvalue weighted by atomic mass is 10.1. The van der Waals surface area contributed by atoms with Gasteiger partial charge in [-0.3, -0.25) is 0 Å². The second kappa shape index (κ2) is 5.96. The molecular formula is C9H18N2. The minimum Gasteiger partial charge on any atom is -0.306 e. The van der Waals surface area contributed by atoms with E-state index < -0.39 is 0 Å². The van der Waals surface area contributed by atoms with E-state index in [2.05, 4.69) is 36.5 Å². The van der Waals surface area contributed by atoms with Crippen molar-refractivity contribution in [2.45, 2.75) is 27.7 Å². The van der Waals surface area contributed by atoms with Crippen LogP contribution in [0.15, 0.2) is 17.3 Å². The normalized spacial score (nSPS) is 14.8. The second-order valence-electron chi connectivity index (χ2n) is 2.46. The minimum atomic E-state index is 0.536. The molecule has 0 aliphatic carbocycles. The predicted molar refractivity (Wildman–Crippen MR) is 50.8 cm³/mol. The highest BCUT2D eigenvalue weighted by Gasteiger charge is 2.01. The van der Waals surface area contributed by atoms with Crippen LogP contribution in [0.2, 0.25) is 0 Å². The lowest BCUT2D eigenvalue weighted by molar-refractivity contribution is 0.778. The van der Waals surface area contributed by atoms with Gasteiger partial charge in [-0.1, -0.05) is 33.8 Å². The molecule has 1 heterocycles. The van der Waals surface area contributed by atoms with Crippen LogP contribution >= 0.6 is 0 Å². The monoisotopic (exact) mass is 154 g/mol.